The summed E-state index contributed by atoms with van der Waals surface area (Å²) in [5, 5.41) is 0. The molecule has 0 radical (unpaired) electrons. The van der Waals surface area contributed by atoms with E-state index in [2.05, 4.69) is 0 Å². The van der Waals surface area contributed by atoms with Gasteiger partial charge in [-0.1, -0.05) is 42.5 Å². The molecule has 1 aromatic carbocycles. The number of epoxide rings is 1. The second-order valence-corrected chi connectivity index (χ2v) is 4.83. The maximum Gasteiger partial charge on any atom is 0.213 e. The van der Waals surface area contributed by atoms with Gasteiger partial charge in [-0.05, 0) is 11.6 Å². The molecule has 3 heteroatoms. The summed E-state index contributed by atoms with van der Waals surface area (Å²) in [4.78, 5) is 12.3. The van der Waals surface area contributed by atoms with Gasteiger partial charge in [0, 0.05) is 0 Å². The molecule has 0 aromatic heterocycles. The van der Waals surface area contributed by atoms with Gasteiger partial charge >= 0.3 is 0 Å². The number of Topliss-reactive ketones (excluding diaryl/α,β-unsaturated/α-hetero) is 1. The van der Waals surface area contributed by atoms with E-state index in [0.29, 0.717) is 12.2 Å². The van der Waals surface area contributed by atoms with Crippen molar-refractivity contribution in [2.24, 2.45) is 0 Å². The topological polar surface area (TPSA) is 38.8 Å². The van der Waals surface area contributed by atoms with Crippen LogP contribution in [0.3, 0.4) is 0 Å². The Morgan fingerprint density at radius 1 is 1.22 bits per heavy atom. The van der Waals surface area contributed by atoms with Crippen LogP contribution < -0.4 is 0 Å². The van der Waals surface area contributed by atoms with Gasteiger partial charge in [0.1, 0.15) is 18.0 Å². The minimum absolute atomic E-state index is 0.110. The number of ketones is 1. The van der Waals surface area contributed by atoms with E-state index in [4.69, 9.17) is 9.47 Å². The molecule has 1 spiro atoms. The quantitative estimate of drug-likeness (QED) is 0.707. The SMILES string of the molecule is O=C1CC(c2ccccc2)OC2=CC=CC3OC123. The predicted octanol–water partition coefficient (Wildman–Crippen LogP) is 2.31. The van der Waals surface area contributed by atoms with Gasteiger partial charge in [-0.15, -0.1) is 0 Å². The third-order valence-electron chi connectivity index (χ3n) is 3.78. The number of rotatable bonds is 1. The molecule has 3 nitrogen and oxygen atoms in total. The van der Waals surface area contributed by atoms with E-state index < -0.39 is 5.60 Å². The number of carbonyl (C=O) groups is 1. The average Bonchev–Trinajstić information content (AvgIpc) is 3.15. The van der Waals surface area contributed by atoms with Crippen molar-refractivity contribution in [3.05, 3.63) is 59.9 Å². The minimum Gasteiger partial charge on any atom is -0.486 e. The normalized spacial score (nSPS) is 36.2. The van der Waals surface area contributed by atoms with Crippen LogP contribution in [0.1, 0.15) is 18.1 Å². The first-order valence-corrected chi connectivity index (χ1v) is 6.12. The Balaban J connectivity index is 1.70. The lowest BCUT2D eigenvalue weighted by molar-refractivity contribution is -0.131. The van der Waals surface area contributed by atoms with Gasteiger partial charge in [-0.25, -0.2) is 0 Å². The number of benzene rings is 1. The molecule has 2 aliphatic heterocycles. The molecule has 0 amide bonds. The Morgan fingerprint density at radius 3 is 2.89 bits per heavy atom. The van der Waals surface area contributed by atoms with Crippen molar-refractivity contribution in [3.63, 3.8) is 0 Å². The molecule has 4 rings (SSSR count). The van der Waals surface area contributed by atoms with Crippen LogP contribution in [0.2, 0.25) is 0 Å². The molecule has 0 bridgehead atoms. The highest BCUT2D eigenvalue weighted by molar-refractivity contribution is 5.96. The number of hydrogen-bond acceptors (Lipinski definition) is 3. The number of allylic oxidation sites excluding steroid dienone is 2. The number of hydrogen-bond donors (Lipinski definition) is 0. The lowest BCUT2D eigenvalue weighted by atomic mass is 9.86. The van der Waals surface area contributed by atoms with Crippen molar-refractivity contribution in [1.29, 1.82) is 0 Å². The van der Waals surface area contributed by atoms with Crippen molar-refractivity contribution < 1.29 is 14.3 Å². The van der Waals surface area contributed by atoms with Crippen LogP contribution >= 0.6 is 0 Å². The number of ether oxygens (including phenoxy) is 2. The van der Waals surface area contributed by atoms with Gasteiger partial charge in [0.05, 0.1) is 6.42 Å². The van der Waals surface area contributed by atoms with Crippen LogP contribution in [-0.4, -0.2) is 17.5 Å². The minimum atomic E-state index is -0.778. The highest BCUT2D eigenvalue weighted by Crippen LogP contribution is 2.53. The van der Waals surface area contributed by atoms with Crippen LogP contribution in [0, 0.1) is 0 Å². The van der Waals surface area contributed by atoms with E-state index in [-0.39, 0.29) is 18.0 Å². The predicted molar refractivity (Wildman–Crippen MR) is 64.7 cm³/mol. The van der Waals surface area contributed by atoms with Crippen molar-refractivity contribution in [2.45, 2.75) is 24.2 Å². The van der Waals surface area contributed by atoms with Crippen LogP contribution in [0.15, 0.2) is 54.3 Å². The Morgan fingerprint density at radius 2 is 2.06 bits per heavy atom. The summed E-state index contributed by atoms with van der Waals surface area (Å²) in [7, 11) is 0. The van der Waals surface area contributed by atoms with E-state index >= 15 is 0 Å². The molecular weight excluding hydrogens is 228 g/mol. The van der Waals surface area contributed by atoms with Crippen LogP contribution in [0.25, 0.3) is 0 Å². The molecule has 3 aliphatic rings. The molecule has 18 heavy (non-hydrogen) atoms. The van der Waals surface area contributed by atoms with Gasteiger partial charge < -0.3 is 9.47 Å². The summed E-state index contributed by atoms with van der Waals surface area (Å²) in [5.74, 6) is 0.795. The maximum absolute atomic E-state index is 12.3. The summed E-state index contributed by atoms with van der Waals surface area (Å²) in [6.45, 7) is 0. The first-order chi connectivity index (χ1) is 8.80. The fourth-order valence-corrected chi connectivity index (χ4v) is 2.76. The van der Waals surface area contributed by atoms with Gasteiger partial charge in [0.25, 0.3) is 0 Å². The molecule has 2 heterocycles. The highest BCUT2D eigenvalue weighted by atomic mass is 16.6. The van der Waals surface area contributed by atoms with E-state index in [1.54, 1.807) is 0 Å². The first-order valence-electron chi connectivity index (χ1n) is 6.12. The zero-order valence-corrected chi connectivity index (χ0v) is 9.71. The molecule has 1 aliphatic carbocycles. The zero-order valence-electron chi connectivity index (χ0n) is 9.71. The zero-order chi connectivity index (χ0) is 12.2. The smallest absolute Gasteiger partial charge is 0.213 e. The third-order valence-corrected chi connectivity index (χ3v) is 3.78. The lowest BCUT2D eigenvalue weighted by Crippen LogP contribution is -2.38. The lowest BCUT2D eigenvalue weighted by Gasteiger charge is -2.30. The summed E-state index contributed by atoms with van der Waals surface area (Å²) in [5.41, 5.74) is 0.258. The third kappa shape index (κ3) is 1.20. The molecule has 3 unspecified atom stereocenters. The summed E-state index contributed by atoms with van der Waals surface area (Å²) >= 11 is 0. The van der Waals surface area contributed by atoms with Crippen molar-refractivity contribution in [1.82, 2.24) is 0 Å². The largest absolute Gasteiger partial charge is 0.486 e. The Bertz CT molecular complexity index is 573. The Labute approximate surface area is 105 Å². The van der Waals surface area contributed by atoms with Crippen molar-refractivity contribution in [3.8, 4) is 0 Å². The van der Waals surface area contributed by atoms with E-state index in [1.165, 1.54) is 0 Å². The fourth-order valence-electron chi connectivity index (χ4n) is 2.76. The molecule has 1 aromatic rings. The fraction of sp³-hybridized carbons (Fsp3) is 0.267. The summed E-state index contributed by atoms with van der Waals surface area (Å²) in [6, 6.07) is 9.84. The first kappa shape index (κ1) is 10.1. The summed E-state index contributed by atoms with van der Waals surface area (Å²) < 4.78 is 11.5. The molecule has 0 N–H and O–H groups in total. The van der Waals surface area contributed by atoms with Gasteiger partial charge in [0.2, 0.25) is 5.60 Å². The van der Waals surface area contributed by atoms with E-state index in [9.17, 15) is 4.79 Å². The molecular formula is C15H12O3. The summed E-state index contributed by atoms with van der Waals surface area (Å²) in [6.07, 6.45) is 5.73. The van der Waals surface area contributed by atoms with Gasteiger partial charge in [-0.2, -0.15) is 0 Å². The Kier molecular flexibility index (Phi) is 1.87. The second-order valence-electron chi connectivity index (χ2n) is 4.83. The van der Waals surface area contributed by atoms with E-state index in [0.717, 1.165) is 5.56 Å². The Hall–Kier alpha value is -1.87. The standard InChI is InChI=1S/C15H12O3/c16-12-9-11(10-5-2-1-3-6-10)17-13-7-4-8-14-15(12,13)18-14/h1-8,11,14H,9H2. The van der Waals surface area contributed by atoms with Crippen LogP contribution in [0.4, 0.5) is 0 Å². The molecule has 3 atom stereocenters. The van der Waals surface area contributed by atoms with Gasteiger partial charge in [-0.3, -0.25) is 4.79 Å². The molecule has 0 saturated carbocycles. The van der Waals surface area contributed by atoms with Crippen molar-refractivity contribution >= 4 is 5.78 Å². The number of carbonyl (C=O) groups excluding carboxylic acids is 1. The van der Waals surface area contributed by atoms with Crippen molar-refractivity contribution in [2.75, 3.05) is 0 Å². The second kappa shape index (κ2) is 3.33. The van der Waals surface area contributed by atoms with Crippen LogP contribution in [0.5, 0.6) is 0 Å². The monoisotopic (exact) mass is 240 g/mol. The average molecular weight is 240 g/mol. The maximum atomic E-state index is 12.3. The van der Waals surface area contributed by atoms with E-state index in [1.807, 2.05) is 48.6 Å². The molecule has 2 fully saturated rings. The molecule has 2 saturated heterocycles. The molecule has 90 valence electrons. The highest BCUT2D eigenvalue weighted by Gasteiger charge is 2.67. The van der Waals surface area contributed by atoms with Gasteiger partial charge in [0.15, 0.2) is 5.78 Å². The van der Waals surface area contributed by atoms with Crippen LogP contribution in [-0.2, 0) is 14.3 Å².